The molecule has 0 unspecified atom stereocenters. The molecule has 0 radical (unpaired) electrons. The van der Waals surface area contributed by atoms with Crippen LogP contribution in [0.3, 0.4) is 0 Å². The third-order valence-electron chi connectivity index (χ3n) is 2.13. The number of hydrogen-bond acceptors (Lipinski definition) is 1. The van der Waals surface area contributed by atoms with Crippen LogP contribution in [0.1, 0.15) is 0 Å². The predicted octanol–water partition coefficient (Wildman–Crippen LogP) is -0.465. The van der Waals surface area contributed by atoms with Gasteiger partial charge in [-0.25, -0.2) is 0 Å². The molecule has 0 aromatic carbocycles. The molecule has 1 amide bonds. The summed E-state index contributed by atoms with van der Waals surface area (Å²) in [7, 11) is 4.39. The topological polar surface area (TPSA) is 20.3 Å². The Kier molecular flexibility index (Phi) is 1.94. The lowest BCUT2D eigenvalue weighted by Gasteiger charge is -2.37. The Morgan fingerprint density at radius 1 is 1.30 bits per heavy atom. The summed E-state index contributed by atoms with van der Waals surface area (Å²) < 4.78 is 1.05. The molecule has 0 spiro atoms. The van der Waals surface area contributed by atoms with E-state index in [2.05, 4.69) is 14.1 Å². The summed E-state index contributed by atoms with van der Waals surface area (Å²) in [6.07, 6.45) is 0.944. The summed E-state index contributed by atoms with van der Waals surface area (Å²) >= 11 is 0. The van der Waals surface area contributed by atoms with Gasteiger partial charge in [0.25, 0.3) is 0 Å². The van der Waals surface area contributed by atoms with Crippen molar-refractivity contribution in [2.45, 2.75) is 0 Å². The Bertz CT molecular complexity index is 124. The standard InChI is InChI=1S/C7H15N2O/c1-9(2)5-3-8(7-10)4-6-9/h7H,3-6H2,1-2H3/q+1. The molecule has 0 aliphatic carbocycles. The second-order valence-electron chi connectivity index (χ2n) is 3.52. The van der Waals surface area contributed by atoms with E-state index in [0.717, 1.165) is 37.1 Å². The third kappa shape index (κ3) is 1.70. The summed E-state index contributed by atoms with van der Waals surface area (Å²) in [5.74, 6) is 0. The smallest absolute Gasteiger partial charge is 0.210 e. The van der Waals surface area contributed by atoms with Crippen molar-refractivity contribution < 1.29 is 9.28 Å². The molecule has 0 bridgehead atoms. The molecule has 10 heavy (non-hydrogen) atoms. The number of likely N-dealkylation sites (N-methyl/N-ethyl adjacent to an activating group) is 1. The molecule has 3 nitrogen and oxygen atoms in total. The number of amides is 1. The van der Waals surface area contributed by atoms with E-state index in [1.54, 1.807) is 0 Å². The zero-order valence-corrected chi connectivity index (χ0v) is 6.71. The third-order valence-corrected chi connectivity index (χ3v) is 2.13. The molecular weight excluding hydrogens is 128 g/mol. The average molecular weight is 143 g/mol. The second kappa shape index (κ2) is 2.58. The maximum absolute atomic E-state index is 10.3. The van der Waals surface area contributed by atoms with E-state index in [-0.39, 0.29) is 0 Å². The van der Waals surface area contributed by atoms with Crippen LogP contribution in [0.4, 0.5) is 0 Å². The Balaban J connectivity index is 2.38. The van der Waals surface area contributed by atoms with Crippen molar-refractivity contribution in [1.29, 1.82) is 0 Å². The SMILES string of the molecule is C[N+]1(C)CCN(C=O)CC1. The number of hydrogen-bond donors (Lipinski definition) is 0. The Labute approximate surface area is 61.8 Å². The van der Waals surface area contributed by atoms with E-state index in [9.17, 15) is 4.79 Å². The summed E-state index contributed by atoms with van der Waals surface area (Å²) in [5.41, 5.74) is 0. The van der Waals surface area contributed by atoms with Crippen LogP contribution in [0, 0.1) is 0 Å². The molecule has 0 aromatic rings. The van der Waals surface area contributed by atoms with Crippen LogP contribution in [0.5, 0.6) is 0 Å². The molecule has 1 heterocycles. The van der Waals surface area contributed by atoms with E-state index in [0.29, 0.717) is 0 Å². The zero-order valence-electron chi connectivity index (χ0n) is 6.71. The monoisotopic (exact) mass is 143 g/mol. The van der Waals surface area contributed by atoms with Gasteiger partial charge in [0.05, 0.1) is 40.3 Å². The Morgan fingerprint density at radius 2 is 1.80 bits per heavy atom. The highest BCUT2D eigenvalue weighted by atomic mass is 16.1. The maximum Gasteiger partial charge on any atom is 0.210 e. The zero-order chi connectivity index (χ0) is 7.61. The van der Waals surface area contributed by atoms with E-state index < -0.39 is 0 Å². The van der Waals surface area contributed by atoms with Crippen molar-refractivity contribution in [1.82, 2.24) is 4.90 Å². The first-order valence-corrected chi connectivity index (χ1v) is 3.65. The largest absolute Gasteiger partial charge is 0.334 e. The minimum Gasteiger partial charge on any atom is -0.334 e. The highest BCUT2D eigenvalue weighted by Crippen LogP contribution is 2.03. The van der Waals surface area contributed by atoms with Gasteiger partial charge in [0.15, 0.2) is 0 Å². The molecule has 0 aromatic heterocycles. The van der Waals surface area contributed by atoms with Crippen LogP contribution in [0.2, 0.25) is 0 Å². The number of carbonyl (C=O) groups is 1. The van der Waals surface area contributed by atoms with Crippen LogP contribution in [-0.4, -0.2) is 56.1 Å². The Morgan fingerprint density at radius 3 is 2.20 bits per heavy atom. The first-order chi connectivity index (χ1) is 4.64. The Hall–Kier alpha value is -0.570. The molecule has 1 aliphatic heterocycles. The highest BCUT2D eigenvalue weighted by molar-refractivity contribution is 5.46. The molecule has 0 N–H and O–H groups in total. The van der Waals surface area contributed by atoms with Crippen molar-refractivity contribution in [3.8, 4) is 0 Å². The summed E-state index contributed by atoms with van der Waals surface area (Å²) in [4.78, 5) is 12.1. The second-order valence-corrected chi connectivity index (χ2v) is 3.52. The molecule has 58 valence electrons. The van der Waals surface area contributed by atoms with Crippen LogP contribution in [0.25, 0.3) is 0 Å². The molecule has 0 atom stereocenters. The fourth-order valence-electron chi connectivity index (χ4n) is 1.13. The first-order valence-electron chi connectivity index (χ1n) is 3.65. The minimum atomic E-state index is 0.913. The molecular formula is C7H15N2O+. The van der Waals surface area contributed by atoms with Crippen LogP contribution in [-0.2, 0) is 4.79 Å². The first kappa shape index (κ1) is 7.54. The van der Waals surface area contributed by atoms with Gasteiger partial charge in [-0.15, -0.1) is 0 Å². The molecule has 3 heteroatoms. The van der Waals surface area contributed by atoms with E-state index in [1.165, 1.54) is 0 Å². The minimum absolute atomic E-state index is 0.913. The van der Waals surface area contributed by atoms with Gasteiger partial charge < -0.3 is 9.38 Å². The van der Waals surface area contributed by atoms with Crippen molar-refractivity contribution >= 4 is 6.41 Å². The van der Waals surface area contributed by atoms with E-state index >= 15 is 0 Å². The van der Waals surface area contributed by atoms with Crippen molar-refractivity contribution in [2.24, 2.45) is 0 Å². The van der Waals surface area contributed by atoms with Crippen LogP contribution < -0.4 is 0 Å². The number of nitrogens with zero attached hydrogens (tertiary/aromatic N) is 2. The summed E-state index contributed by atoms with van der Waals surface area (Å²) in [5, 5.41) is 0. The van der Waals surface area contributed by atoms with Gasteiger partial charge in [0.1, 0.15) is 0 Å². The normalized spacial score (nSPS) is 24.4. The molecule has 1 saturated heterocycles. The number of piperazine rings is 1. The van der Waals surface area contributed by atoms with Crippen molar-refractivity contribution in [3.05, 3.63) is 0 Å². The predicted molar refractivity (Wildman–Crippen MR) is 39.5 cm³/mol. The average Bonchev–Trinajstić information content (AvgIpc) is 1.88. The lowest BCUT2D eigenvalue weighted by molar-refractivity contribution is -0.894. The van der Waals surface area contributed by atoms with Crippen LogP contribution >= 0.6 is 0 Å². The van der Waals surface area contributed by atoms with Gasteiger partial charge in [-0.1, -0.05) is 0 Å². The summed E-state index contributed by atoms with van der Waals surface area (Å²) in [6, 6.07) is 0. The van der Waals surface area contributed by atoms with E-state index in [4.69, 9.17) is 0 Å². The fraction of sp³-hybridized carbons (Fsp3) is 0.857. The van der Waals surface area contributed by atoms with Gasteiger partial charge in [-0.3, -0.25) is 4.79 Å². The quantitative estimate of drug-likeness (QED) is 0.359. The lowest BCUT2D eigenvalue weighted by Crippen LogP contribution is -2.54. The van der Waals surface area contributed by atoms with E-state index in [1.807, 2.05) is 4.90 Å². The van der Waals surface area contributed by atoms with Gasteiger partial charge in [-0.2, -0.15) is 0 Å². The lowest BCUT2D eigenvalue weighted by atomic mass is 10.3. The van der Waals surface area contributed by atoms with Crippen molar-refractivity contribution in [3.63, 3.8) is 0 Å². The molecule has 1 rings (SSSR count). The van der Waals surface area contributed by atoms with Crippen molar-refractivity contribution in [2.75, 3.05) is 40.3 Å². The van der Waals surface area contributed by atoms with Gasteiger partial charge >= 0.3 is 0 Å². The molecule has 1 aliphatic rings. The summed E-state index contributed by atoms with van der Waals surface area (Å²) in [6.45, 7) is 3.99. The van der Waals surface area contributed by atoms with Gasteiger partial charge in [0.2, 0.25) is 6.41 Å². The van der Waals surface area contributed by atoms with Gasteiger partial charge in [0, 0.05) is 0 Å². The number of quaternary nitrogens is 1. The number of rotatable bonds is 1. The molecule has 1 fully saturated rings. The fourth-order valence-corrected chi connectivity index (χ4v) is 1.13. The van der Waals surface area contributed by atoms with Crippen LogP contribution in [0.15, 0.2) is 0 Å². The van der Waals surface area contributed by atoms with Gasteiger partial charge in [-0.05, 0) is 0 Å². The maximum atomic E-state index is 10.3. The number of carbonyl (C=O) groups excluding carboxylic acids is 1. The highest BCUT2D eigenvalue weighted by Gasteiger charge is 2.22. The molecule has 0 saturated carbocycles.